The number of rotatable bonds is 3. The lowest BCUT2D eigenvalue weighted by molar-refractivity contribution is 0.112. The van der Waals surface area contributed by atoms with Crippen LogP contribution in [-0.4, -0.2) is 18.9 Å². The summed E-state index contributed by atoms with van der Waals surface area (Å²) in [5, 5.41) is 2.34. The lowest BCUT2D eigenvalue weighted by Gasteiger charge is -2.03. The molecule has 1 rings (SSSR count). The lowest BCUT2D eigenvalue weighted by Crippen LogP contribution is -2.26. The Balaban J connectivity index is 2.54. The Labute approximate surface area is 87.2 Å². The van der Waals surface area contributed by atoms with Crippen molar-refractivity contribution in [1.29, 1.82) is 0 Å². The number of terminal acetylenes is 1. The van der Waals surface area contributed by atoms with Crippen molar-refractivity contribution in [2.75, 3.05) is 6.54 Å². The first-order valence-corrected chi connectivity index (χ1v) is 4.20. The molecule has 0 aliphatic rings. The smallest absolute Gasteiger partial charge is 0.410 e. The van der Waals surface area contributed by atoms with Crippen LogP contribution in [0.5, 0.6) is 5.75 Å². The van der Waals surface area contributed by atoms with Crippen LogP contribution in [0.1, 0.15) is 10.4 Å². The van der Waals surface area contributed by atoms with Crippen molar-refractivity contribution in [2.24, 2.45) is 0 Å². The van der Waals surface area contributed by atoms with E-state index in [1.165, 1.54) is 12.1 Å². The number of nitrogens with one attached hydrogen (secondary N) is 1. The highest BCUT2D eigenvalue weighted by Gasteiger charge is 2.01. The van der Waals surface area contributed by atoms with Crippen LogP contribution in [0.4, 0.5) is 4.79 Å². The van der Waals surface area contributed by atoms with Crippen molar-refractivity contribution >= 4 is 12.4 Å². The Bertz CT molecular complexity index is 389. The lowest BCUT2D eigenvalue weighted by atomic mass is 10.2. The van der Waals surface area contributed by atoms with Crippen molar-refractivity contribution in [1.82, 2.24) is 5.32 Å². The van der Waals surface area contributed by atoms with Gasteiger partial charge in [0, 0.05) is 5.56 Å². The number of aldehydes is 1. The summed E-state index contributed by atoms with van der Waals surface area (Å²) in [7, 11) is 0. The van der Waals surface area contributed by atoms with Gasteiger partial charge in [0.25, 0.3) is 0 Å². The second kappa shape index (κ2) is 5.45. The monoisotopic (exact) mass is 203 g/mol. The number of hydrogen-bond acceptors (Lipinski definition) is 3. The molecule has 0 aliphatic heterocycles. The van der Waals surface area contributed by atoms with Gasteiger partial charge in [-0.15, -0.1) is 6.42 Å². The van der Waals surface area contributed by atoms with Crippen LogP contribution in [0.25, 0.3) is 0 Å². The summed E-state index contributed by atoms with van der Waals surface area (Å²) in [5.74, 6) is 2.60. The molecule has 0 spiro atoms. The van der Waals surface area contributed by atoms with Crippen LogP contribution in [0.2, 0.25) is 0 Å². The first-order chi connectivity index (χ1) is 7.26. The average Bonchev–Trinajstić information content (AvgIpc) is 2.27. The van der Waals surface area contributed by atoms with Gasteiger partial charge in [-0.3, -0.25) is 4.79 Å². The molecular formula is C11H9NO3. The number of ether oxygens (including phenoxy) is 1. The van der Waals surface area contributed by atoms with Crippen molar-refractivity contribution in [3.8, 4) is 18.1 Å². The zero-order chi connectivity index (χ0) is 11.1. The number of carbonyl (C=O) groups is 2. The molecule has 0 saturated heterocycles. The molecule has 4 heteroatoms. The third-order valence-corrected chi connectivity index (χ3v) is 1.56. The van der Waals surface area contributed by atoms with Crippen LogP contribution in [-0.2, 0) is 0 Å². The number of benzene rings is 1. The maximum Gasteiger partial charge on any atom is 0.413 e. The summed E-state index contributed by atoms with van der Waals surface area (Å²) < 4.78 is 4.85. The Morgan fingerprint density at radius 1 is 1.47 bits per heavy atom. The second-order valence-electron chi connectivity index (χ2n) is 2.63. The van der Waals surface area contributed by atoms with Crippen molar-refractivity contribution in [2.45, 2.75) is 0 Å². The van der Waals surface area contributed by atoms with Crippen molar-refractivity contribution in [3.63, 3.8) is 0 Å². The van der Waals surface area contributed by atoms with E-state index >= 15 is 0 Å². The highest BCUT2D eigenvalue weighted by Crippen LogP contribution is 2.10. The largest absolute Gasteiger partial charge is 0.413 e. The molecule has 0 fully saturated rings. The SMILES string of the molecule is C#CCNC(=O)Oc1ccc(C=O)cc1. The fourth-order valence-electron chi connectivity index (χ4n) is 0.881. The second-order valence-corrected chi connectivity index (χ2v) is 2.63. The molecule has 4 nitrogen and oxygen atoms in total. The molecule has 0 unspecified atom stereocenters. The van der Waals surface area contributed by atoms with Crippen LogP contribution in [0.15, 0.2) is 24.3 Å². The zero-order valence-corrected chi connectivity index (χ0v) is 7.90. The van der Waals surface area contributed by atoms with Gasteiger partial charge in [0.05, 0.1) is 6.54 Å². The molecule has 1 aromatic carbocycles. The van der Waals surface area contributed by atoms with Gasteiger partial charge in [-0.2, -0.15) is 0 Å². The average molecular weight is 203 g/mol. The maximum absolute atomic E-state index is 11.0. The minimum absolute atomic E-state index is 0.116. The highest BCUT2D eigenvalue weighted by atomic mass is 16.5. The van der Waals surface area contributed by atoms with E-state index in [0.29, 0.717) is 17.6 Å². The molecule has 0 aliphatic carbocycles. The van der Waals surface area contributed by atoms with E-state index in [9.17, 15) is 9.59 Å². The molecule has 1 amide bonds. The minimum atomic E-state index is -0.619. The molecular weight excluding hydrogens is 194 g/mol. The molecule has 0 aromatic heterocycles. The predicted octanol–water partition coefficient (Wildman–Crippen LogP) is 1.22. The first-order valence-electron chi connectivity index (χ1n) is 4.20. The molecule has 0 bridgehead atoms. The topological polar surface area (TPSA) is 55.4 Å². The summed E-state index contributed by atoms with van der Waals surface area (Å²) in [6.45, 7) is 0.116. The van der Waals surface area contributed by atoms with Crippen LogP contribution in [0, 0.1) is 12.3 Å². The predicted molar refractivity (Wildman–Crippen MR) is 54.7 cm³/mol. The Kier molecular flexibility index (Phi) is 3.92. The fourth-order valence-corrected chi connectivity index (χ4v) is 0.881. The van der Waals surface area contributed by atoms with Gasteiger partial charge in [-0.05, 0) is 24.3 Å². The molecule has 1 aromatic rings. The number of hydrogen-bond donors (Lipinski definition) is 1. The van der Waals surface area contributed by atoms with Gasteiger partial charge < -0.3 is 10.1 Å². The van der Waals surface area contributed by atoms with E-state index in [0.717, 1.165) is 0 Å². The van der Waals surface area contributed by atoms with Crippen LogP contribution < -0.4 is 10.1 Å². The van der Waals surface area contributed by atoms with Gasteiger partial charge in [0.2, 0.25) is 0 Å². The van der Waals surface area contributed by atoms with E-state index < -0.39 is 6.09 Å². The van der Waals surface area contributed by atoms with E-state index in [1.807, 2.05) is 0 Å². The quantitative estimate of drug-likeness (QED) is 0.593. The van der Waals surface area contributed by atoms with Crippen molar-refractivity contribution < 1.29 is 14.3 Å². The third-order valence-electron chi connectivity index (χ3n) is 1.56. The summed E-state index contributed by atoms with van der Waals surface area (Å²) in [4.78, 5) is 21.4. The van der Waals surface area contributed by atoms with Crippen LogP contribution in [0.3, 0.4) is 0 Å². The van der Waals surface area contributed by atoms with Crippen LogP contribution >= 0.6 is 0 Å². The molecule has 0 atom stereocenters. The third kappa shape index (κ3) is 3.53. The molecule has 0 heterocycles. The molecule has 1 N–H and O–H groups in total. The Hall–Kier alpha value is -2.28. The van der Waals surface area contributed by atoms with Crippen molar-refractivity contribution in [3.05, 3.63) is 29.8 Å². The number of amides is 1. The van der Waals surface area contributed by atoms with Gasteiger partial charge in [0.1, 0.15) is 12.0 Å². The first kappa shape index (κ1) is 10.8. The summed E-state index contributed by atoms with van der Waals surface area (Å²) >= 11 is 0. The molecule has 0 radical (unpaired) electrons. The Morgan fingerprint density at radius 2 is 2.13 bits per heavy atom. The van der Waals surface area contributed by atoms with Gasteiger partial charge in [0.15, 0.2) is 0 Å². The number of carbonyl (C=O) groups excluding carboxylic acids is 2. The molecule has 0 saturated carbocycles. The standard InChI is InChI=1S/C11H9NO3/c1-2-7-12-11(14)15-10-5-3-9(8-13)4-6-10/h1,3-6,8H,7H2,(H,12,14). The van der Waals surface area contributed by atoms with Gasteiger partial charge >= 0.3 is 6.09 Å². The fraction of sp³-hybridized carbons (Fsp3) is 0.0909. The van der Waals surface area contributed by atoms with Gasteiger partial charge in [-0.25, -0.2) is 4.79 Å². The van der Waals surface area contributed by atoms with E-state index in [-0.39, 0.29) is 6.54 Å². The molecule has 76 valence electrons. The summed E-state index contributed by atoms with van der Waals surface area (Å²) in [5.41, 5.74) is 0.520. The summed E-state index contributed by atoms with van der Waals surface area (Å²) in [6, 6.07) is 6.16. The normalized spacial score (nSPS) is 8.73. The Morgan fingerprint density at radius 3 is 2.67 bits per heavy atom. The van der Waals surface area contributed by atoms with E-state index in [1.54, 1.807) is 12.1 Å². The molecule has 15 heavy (non-hydrogen) atoms. The minimum Gasteiger partial charge on any atom is -0.410 e. The highest BCUT2D eigenvalue weighted by molar-refractivity contribution is 5.75. The maximum atomic E-state index is 11.0. The zero-order valence-electron chi connectivity index (χ0n) is 7.90. The van der Waals surface area contributed by atoms with Gasteiger partial charge in [-0.1, -0.05) is 5.92 Å². The summed E-state index contributed by atoms with van der Waals surface area (Å²) in [6.07, 6.45) is 5.04. The van der Waals surface area contributed by atoms with E-state index in [2.05, 4.69) is 11.2 Å². The van der Waals surface area contributed by atoms with E-state index in [4.69, 9.17) is 11.2 Å².